The number of benzene rings is 2. The van der Waals surface area contributed by atoms with Crippen molar-refractivity contribution < 1.29 is 4.79 Å². The van der Waals surface area contributed by atoms with E-state index in [1.165, 1.54) is 0 Å². The third kappa shape index (κ3) is 1.59. The van der Waals surface area contributed by atoms with Crippen LogP contribution >= 0.6 is 0 Å². The van der Waals surface area contributed by atoms with Gasteiger partial charge in [0.1, 0.15) is 0 Å². The lowest BCUT2D eigenvalue weighted by atomic mass is 10.0. The molecule has 0 atom stereocenters. The van der Waals surface area contributed by atoms with Gasteiger partial charge in [0.05, 0.1) is 0 Å². The zero-order valence-corrected chi connectivity index (χ0v) is 8.90. The molecule has 0 aliphatic rings. The third-order valence-electron chi connectivity index (χ3n) is 2.54. The Labute approximate surface area is 89.1 Å². The highest BCUT2D eigenvalue weighted by Gasteiger charge is 2.05. The quantitative estimate of drug-likeness (QED) is 0.693. The van der Waals surface area contributed by atoms with E-state index in [1.807, 2.05) is 50.5 Å². The highest BCUT2D eigenvalue weighted by Crippen LogP contribution is 2.27. The number of nitrogens with zero attached hydrogens (tertiary/aromatic N) is 1. The van der Waals surface area contributed by atoms with Crippen molar-refractivity contribution in [2.75, 3.05) is 19.0 Å². The van der Waals surface area contributed by atoms with Crippen LogP contribution in [0.4, 0.5) is 5.69 Å². The fourth-order valence-electron chi connectivity index (χ4n) is 1.80. The molecule has 0 bridgehead atoms. The molecule has 76 valence electrons. The van der Waals surface area contributed by atoms with Gasteiger partial charge in [0.25, 0.3) is 0 Å². The normalized spacial score (nSPS) is 10.3. The van der Waals surface area contributed by atoms with Crippen molar-refractivity contribution in [1.82, 2.24) is 0 Å². The minimum atomic E-state index is 0.746. The molecule has 0 N–H and O–H groups in total. The molecular weight excluding hydrogens is 186 g/mol. The number of aldehydes is 1. The van der Waals surface area contributed by atoms with E-state index >= 15 is 0 Å². The first-order valence-corrected chi connectivity index (χ1v) is 4.88. The first-order valence-electron chi connectivity index (χ1n) is 4.88. The second kappa shape index (κ2) is 3.73. The highest BCUT2D eigenvalue weighted by molar-refractivity contribution is 6.03. The van der Waals surface area contributed by atoms with Crippen LogP contribution in [0.1, 0.15) is 10.4 Å². The van der Waals surface area contributed by atoms with Crippen LogP contribution in [-0.2, 0) is 0 Å². The van der Waals surface area contributed by atoms with E-state index in [-0.39, 0.29) is 0 Å². The van der Waals surface area contributed by atoms with E-state index in [9.17, 15) is 4.79 Å². The summed E-state index contributed by atoms with van der Waals surface area (Å²) in [5, 5.41) is 2.13. The van der Waals surface area contributed by atoms with E-state index in [1.54, 1.807) is 0 Å². The molecule has 15 heavy (non-hydrogen) atoms. The van der Waals surface area contributed by atoms with Gasteiger partial charge in [-0.05, 0) is 17.5 Å². The summed E-state index contributed by atoms with van der Waals surface area (Å²) in [5.41, 5.74) is 1.88. The summed E-state index contributed by atoms with van der Waals surface area (Å²) < 4.78 is 0. The van der Waals surface area contributed by atoms with Crippen LogP contribution < -0.4 is 4.90 Å². The Morgan fingerprint density at radius 3 is 2.27 bits per heavy atom. The second-order valence-corrected chi connectivity index (χ2v) is 3.73. The number of rotatable bonds is 2. The first kappa shape index (κ1) is 9.71. The predicted octanol–water partition coefficient (Wildman–Crippen LogP) is 2.72. The summed E-state index contributed by atoms with van der Waals surface area (Å²) in [6, 6.07) is 11.8. The zero-order chi connectivity index (χ0) is 10.8. The van der Waals surface area contributed by atoms with Crippen LogP contribution in [0, 0.1) is 0 Å². The molecule has 2 aromatic rings. The standard InChI is InChI=1S/C13H13NO/c1-14(2)13-8-7-10(9-15)11-5-3-4-6-12(11)13/h3-9H,1-2H3. The van der Waals surface area contributed by atoms with Crippen LogP contribution in [0.2, 0.25) is 0 Å². The summed E-state index contributed by atoms with van der Waals surface area (Å²) in [7, 11) is 4.00. The molecule has 0 radical (unpaired) electrons. The fourth-order valence-corrected chi connectivity index (χ4v) is 1.80. The van der Waals surface area contributed by atoms with Gasteiger partial charge >= 0.3 is 0 Å². The molecule has 0 unspecified atom stereocenters. The Morgan fingerprint density at radius 1 is 1.00 bits per heavy atom. The number of carbonyl (C=O) groups is 1. The van der Waals surface area contributed by atoms with Gasteiger partial charge in [0.2, 0.25) is 0 Å². The SMILES string of the molecule is CN(C)c1ccc(C=O)c2ccccc12. The Balaban J connectivity index is 2.83. The summed E-state index contributed by atoms with van der Waals surface area (Å²) in [4.78, 5) is 12.9. The van der Waals surface area contributed by atoms with Crippen LogP contribution in [0.3, 0.4) is 0 Å². The van der Waals surface area contributed by atoms with Crippen molar-refractivity contribution in [2.24, 2.45) is 0 Å². The molecule has 0 aromatic heterocycles. The first-order chi connectivity index (χ1) is 7.24. The topological polar surface area (TPSA) is 20.3 Å². The van der Waals surface area contributed by atoms with Gasteiger partial charge in [-0.1, -0.05) is 24.3 Å². The molecule has 2 rings (SSSR count). The number of fused-ring (bicyclic) bond motifs is 1. The van der Waals surface area contributed by atoms with Crippen molar-refractivity contribution in [1.29, 1.82) is 0 Å². The van der Waals surface area contributed by atoms with Gasteiger partial charge in [-0.2, -0.15) is 0 Å². The van der Waals surface area contributed by atoms with Crippen LogP contribution in [-0.4, -0.2) is 20.4 Å². The minimum Gasteiger partial charge on any atom is -0.377 e. The molecule has 0 heterocycles. The smallest absolute Gasteiger partial charge is 0.150 e. The van der Waals surface area contributed by atoms with Crippen LogP contribution in [0.25, 0.3) is 10.8 Å². The molecule has 2 heteroatoms. The van der Waals surface area contributed by atoms with E-state index in [2.05, 4.69) is 4.90 Å². The maximum absolute atomic E-state index is 10.9. The van der Waals surface area contributed by atoms with Crippen molar-refractivity contribution >= 4 is 22.7 Å². The number of anilines is 1. The second-order valence-electron chi connectivity index (χ2n) is 3.73. The lowest BCUT2D eigenvalue weighted by Crippen LogP contribution is -2.09. The van der Waals surface area contributed by atoms with Gasteiger partial charge in [-0.25, -0.2) is 0 Å². The Morgan fingerprint density at radius 2 is 1.67 bits per heavy atom. The van der Waals surface area contributed by atoms with Gasteiger partial charge in [-0.15, -0.1) is 0 Å². The van der Waals surface area contributed by atoms with Crippen molar-refractivity contribution in [3.05, 3.63) is 42.0 Å². The Bertz CT molecular complexity index is 503. The minimum absolute atomic E-state index is 0.746. The van der Waals surface area contributed by atoms with Crippen LogP contribution in [0.15, 0.2) is 36.4 Å². The lowest BCUT2D eigenvalue weighted by molar-refractivity contribution is 0.112. The fraction of sp³-hybridized carbons (Fsp3) is 0.154. The van der Waals surface area contributed by atoms with Gasteiger partial charge in [-0.3, -0.25) is 4.79 Å². The summed E-state index contributed by atoms with van der Waals surface area (Å²) in [5.74, 6) is 0. The molecular formula is C13H13NO. The summed E-state index contributed by atoms with van der Waals surface area (Å²) in [6.07, 6.45) is 0.905. The Hall–Kier alpha value is -1.83. The molecule has 0 spiro atoms. The van der Waals surface area contributed by atoms with Gasteiger partial charge in [0.15, 0.2) is 6.29 Å². The molecule has 2 nitrogen and oxygen atoms in total. The lowest BCUT2D eigenvalue weighted by Gasteiger charge is -2.16. The maximum Gasteiger partial charge on any atom is 0.150 e. The molecule has 0 amide bonds. The number of carbonyl (C=O) groups excluding carboxylic acids is 1. The number of hydrogen-bond donors (Lipinski definition) is 0. The maximum atomic E-state index is 10.9. The Kier molecular flexibility index (Phi) is 2.42. The molecule has 2 aromatic carbocycles. The van der Waals surface area contributed by atoms with E-state index in [4.69, 9.17) is 0 Å². The average molecular weight is 199 g/mol. The van der Waals surface area contributed by atoms with E-state index in [0.29, 0.717) is 0 Å². The molecule has 0 saturated carbocycles. The van der Waals surface area contributed by atoms with Crippen LogP contribution in [0.5, 0.6) is 0 Å². The summed E-state index contributed by atoms with van der Waals surface area (Å²) in [6.45, 7) is 0. The molecule has 0 aliphatic heterocycles. The monoisotopic (exact) mass is 199 g/mol. The third-order valence-corrected chi connectivity index (χ3v) is 2.54. The molecule has 0 fully saturated rings. The molecule has 0 aliphatic carbocycles. The highest BCUT2D eigenvalue weighted by atomic mass is 16.1. The van der Waals surface area contributed by atoms with Crippen molar-refractivity contribution in [3.8, 4) is 0 Å². The zero-order valence-electron chi connectivity index (χ0n) is 8.90. The number of hydrogen-bond acceptors (Lipinski definition) is 2. The van der Waals surface area contributed by atoms with Gasteiger partial charge < -0.3 is 4.90 Å². The van der Waals surface area contributed by atoms with Crippen molar-refractivity contribution in [2.45, 2.75) is 0 Å². The van der Waals surface area contributed by atoms with E-state index in [0.717, 1.165) is 28.3 Å². The molecule has 0 saturated heterocycles. The largest absolute Gasteiger partial charge is 0.377 e. The van der Waals surface area contributed by atoms with E-state index < -0.39 is 0 Å². The average Bonchev–Trinajstić information content (AvgIpc) is 2.27. The summed E-state index contributed by atoms with van der Waals surface area (Å²) >= 11 is 0. The van der Waals surface area contributed by atoms with Crippen molar-refractivity contribution in [3.63, 3.8) is 0 Å². The van der Waals surface area contributed by atoms with Gasteiger partial charge in [0, 0.05) is 30.7 Å². The predicted molar refractivity (Wildman–Crippen MR) is 63.7 cm³/mol.